The maximum Gasteiger partial charge on any atom is 0.229 e. The minimum atomic E-state index is -0.285. The maximum atomic E-state index is 11.7. The average molecular weight is 184 g/mol. The molecule has 2 aliphatic heterocycles. The normalized spacial score (nSPS) is 38.4. The van der Waals surface area contributed by atoms with Crippen LogP contribution in [0.3, 0.4) is 0 Å². The molecule has 2 N–H and O–H groups in total. The van der Waals surface area contributed by atoms with Crippen LogP contribution in [0.15, 0.2) is 0 Å². The van der Waals surface area contributed by atoms with Crippen LogP contribution in [0.1, 0.15) is 12.8 Å². The first-order valence-electron chi connectivity index (χ1n) is 4.84. The van der Waals surface area contributed by atoms with Crippen molar-refractivity contribution in [3.63, 3.8) is 0 Å². The molecule has 74 valence electrons. The minimum absolute atomic E-state index is 0.127. The number of hydrogen-bond donors (Lipinski definition) is 2. The number of piperidine rings is 1. The minimum Gasteiger partial charge on any atom is -0.377 e. The summed E-state index contributed by atoms with van der Waals surface area (Å²) in [6, 6.07) is 0. The van der Waals surface area contributed by atoms with E-state index in [4.69, 9.17) is 4.74 Å². The Balaban J connectivity index is 2.20. The molecule has 0 bridgehead atoms. The van der Waals surface area contributed by atoms with E-state index < -0.39 is 0 Å². The van der Waals surface area contributed by atoms with Gasteiger partial charge in [-0.1, -0.05) is 0 Å². The molecule has 13 heavy (non-hydrogen) atoms. The lowest BCUT2D eigenvalue weighted by atomic mass is 9.76. The van der Waals surface area contributed by atoms with Gasteiger partial charge in [0.05, 0.1) is 11.5 Å². The fourth-order valence-electron chi connectivity index (χ4n) is 2.40. The summed E-state index contributed by atoms with van der Waals surface area (Å²) >= 11 is 0. The largest absolute Gasteiger partial charge is 0.377 e. The molecule has 0 spiro atoms. The third kappa shape index (κ3) is 1.25. The highest BCUT2D eigenvalue weighted by atomic mass is 16.5. The summed E-state index contributed by atoms with van der Waals surface area (Å²) in [4.78, 5) is 11.7. The van der Waals surface area contributed by atoms with E-state index in [-0.39, 0.29) is 17.4 Å². The van der Waals surface area contributed by atoms with Crippen LogP contribution < -0.4 is 10.6 Å². The summed E-state index contributed by atoms with van der Waals surface area (Å²) < 4.78 is 5.58. The second kappa shape index (κ2) is 3.27. The van der Waals surface area contributed by atoms with Gasteiger partial charge >= 0.3 is 0 Å². The highest BCUT2D eigenvalue weighted by molar-refractivity contribution is 5.83. The zero-order chi connectivity index (χ0) is 9.31. The van der Waals surface area contributed by atoms with E-state index in [1.807, 2.05) is 0 Å². The summed E-state index contributed by atoms with van der Waals surface area (Å²) in [5.41, 5.74) is -0.285. The van der Waals surface area contributed by atoms with Gasteiger partial charge in [0, 0.05) is 20.2 Å². The molecule has 0 saturated carbocycles. The van der Waals surface area contributed by atoms with Crippen molar-refractivity contribution in [3.8, 4) is 0 Å². The second-order valence-electron chi connectivity index (χ2n) is 3.81. The molecule has 2 heterocycles. The van der Waals surface area contributed by atoms with Crippen LogP contribution in [0, 0.1) is 5.41 Å². The van der Waals surface area contributed by atoms with Crippen molar-refractivity contribution in [3.05, 3.63) is 0 Å². The third-order valence-electron chi connectivity index (χ3n) is 3.19. The van der Waals surface area contributed by atoms with E-state index in [9.17, 15) is 4.79 Å². The van der Waals surface area contributed by atoms with Gasteiger partial charge in [-0.25, -0.2) is 0 Å². The lowest BCUT2D eigenvalue weighted by Crippen LogP contribution is -2.55. The monoisotopic (exact) mass is 184 g/mol. The zero-order valence-corrected chi connectivity index (χ0v) is 7.93. The Morgan fingerprint density at radius 1 is 1.69 bits per heavy atom. The molecular weight excluding hydrogens is 168 g/mol. The molecule has 2 rings (SSSR count). The van der Waals surface area contributed by atoms with Crippen LogP contribution in [0.5, 0.6) is 0 Å². The number of carbonyl (C=O) groups is 1. The molecule has 0 radical (unpaired) electrons. The molecule has 0 aromatic rings. The maximum absolute atomic E-state index is 11.7. The first-order chi connectivity index (χ1) is 6.29. The first kappa shape index (κ1) is 8.97. The van der Waals surface area contributed by atoms with E-state index in [2.05, 4.69) is 10.6 Å². The van der Waals surface area contributed by atoms with E-state index in [1.54, 1.807) is 7.05 Å². The number of ether oxygens (including phenoxy) is 1. The predicted octanol–water partition coefficient (Wildman–Crippen LogP) is -0.499. The Morgan fingerprint density at radius 3 is 3.31 bits per heavy atom. The summed E-state index contributed by atoms with van der Waals surface area (Å²) in [6.07, 6.45) is 1.94. The van der Waals surface area contributed by atoms with Crippen molar-refractivity contribution in [2.45, 2.75) is 18.9 Å². The van der Waals surface area contributed by atoms with Gasteiger partial charge < -0.3 is 15.4 Å². The van der Waals surface area contributed by atoms with Crippen LogP contribution in [-0.4, -0.2) is 38.8 Å². The van der Waals surface area contributed by atoms with E-state index in [0.717, 1.165) is 32.5 Å². The number of amides is 1. The van der Waals surface area contributed by atoms with Gasteiger partial charge in [0.2, 0.25) is 5.91 Å². The Bertz CT molecular complexity index is 220. The van der Waals surface area contributed by atoms with E-state index >= 15 is 0 Å². The predicted molar refractivity (Wildman–Crippen MR) is 48.3 cm³/mol. The van der Waals surface area contributed by atoms with Crippen molar-refractivity contribution >= 4 is 5.91 Å². The SMILES string of the molecule is CNC(=O)[C@]12CCO[C@@H]1CCNC2. The van der Waals surface area contributed by atoms with Crippen LogP contribution in [-0.2, 0) is 9.53 Å². The smallest absolute Gasteiger partial charge is 0.229 e. The van der Waals surface area contributed by atoms with Gasteiger partial charge in [-0.3, -0.25) is 4.79 Å². The molecule has 0 aromatic carbocycles. The Morgan fingerprint density at radius 2 is 2.54 bits per heavy atom. The van der Waals surface area contributed by atoms with E-state index in [1.165, 1.54) is 0 Å². The fourth-order valence-corrected chi connectivity index (χ4v) is 2.40. The van der Waals surface area contributed by atoms with Gasteiger partial charge in [0.1, 0.15) is 0 Å². The van der Waals surface area contributed by atoms with Gasteiger partial charge in [-0.15, -0.1) is 0 Å². The van der Waals surface area contributed by atoms with E-state index in [0.29, 0.717) is 0 Å². The Kier molecular flexibility index (Phi) is 2.26. The molecule has 1 amide bonds. The van der Waals surface area contributed by atoms with Gasteiger partial charge in [-0.05, 0) is 19.4 Å². The molecule has 4 heteroatoms. The Hall–Kier alpha value is -0.610. The highest BCUT2D eigenvalue weighted by Gasteiger charge is 2.50. The molecule has 2 fully saturated rings. The van der Waals surface area contributed by atoms with Crippen LogP contribution in [0.2, 0.25) is 0 Å². The highest BCUT2D eigenvalue weighted by Crippen LogP contribution is 2.38. The van der Waals surface area contributed by atoms with Crippen molar-refractivity contribution in [2.24, 2.45) is 5.41 Å². The third-order valence-corrected chi connectivity index (χ3v) is 3.19. The zero-order valence-electron chi connectivity index (χ0n) is 7.93. The van der Waals surface area contributed by atoms with Crippen molar-refractivity contribution in [1.29, 1.82) is 0 Å². The summed E-state index contributed by atoms with van der Waals surface area (Å²) in [5, 5.41) is 6.01. The molecule has 2 aliphatic rings. The lowest BCUT2D eigenvalue weighted by Gasteiger charge is -2.36. The molecule has 2 atom stereocenters. The number of fused-ring (bicyclic) bond motifs is 1. The number of nitrogens with one attached hydrogen (secondary N) is 2. The fraction of sp³-hybridized carbons (Fsp3) is 0.889. The Labute approximate surface area is 78.0 Å². The van der Waals surface area contributed by atoms with Crippen LogP contribution in [0.25, 0.3) is 0 Å². The molecule has 0 aromatic heterocycles. The van der Waals surface area contributed by atoms with Gasteiger partial charge in [-0.2, -0.15) is 0 Å². The van der Waals surface area contributed by atoms with Crippen LogP contribution >= 0.6 is 0 Å². The lowest BCUT2D eigenvalue weighted by molar-refractivity contribution is -0.135. The number of rotatable bonds is 1. The summed E-state index contributed by atoms with van der Waals surface area (Å²) in [6.45, 7) is 2.44. The molecular formula is C9H16N2O2. The molecule has 0 unspecified atom stereocenters. The number of carbonyl (C=O) groups excluding carboxylic acids is 1. The van der Waals surface area contributed by atoms with Crippen molar-refractivity contribution < 1.29 is 9.53 Å². The number of hydrogen-bond acceptors (Lipinski definition) is 3. The summed E-state index contributed by atoms with van der Waals surface area (Å²) in [7, 11) is 1.70. The molecule has 4 nitrogen and oxygen atoms in total. The first-order valence-corrected chi connectivity index (χ1v) is 4.84. The van der Waals surface area contributed by atoms with Crippen molar-refractivity contribution in [1.82, 2.24) is 10.6 Å². The average Bonchev–Trinajstić information content (AvgIpc) is 2.61. The van der Waals surface area contributed by atoms with Crippen molar-refractivity contribution in [2.75, 3.05) is 26.7 Å². The summed E-state index contributed by atoms with van der Waals surface area (Å²) in [5.74, 6) is 0.127. The topological polar surface area (TPSA) is 50.4 Å². The van der Waals surface area contributed by atoms with Gasteiger partial charge in [0.25, 0.3) is 0 Å². The van der Waals surface area contributed by atoms with Crippen LogP contribution in [0.4, 0.5) is 0 Å². The standard InChI is InChI=1S/C9H16N2O2/c1-10-8(12)9-3-5-13-7(9)2-4-11-6-9/h7,11H,2-6H2,1H3,(H,10,12)/t7-,9+/m1/s1. The molecule has 2 saturated heterocycles. The van der Waals surface area contributed by atoms with Gasteiger partial charge in [0.15, 0.2) is 0 Å². The molecule has 0 aliphatic carbocycles. The quantitative estimate of drug-likeness (QED) is 0.577. The second-order valence-corrected chi connectivity index (χ2v) is 3.81.